The van der Waals surface area contributed by atoms with Gasteiger partial charge in [-0.2, -0.15) is 0 Å². The molecule has 1 heterocycles. The first-order valence-corrected chi connectivity index (χ1v) is 7.87. The molecule has 0 atom stereocenters. The third-order valence-electron chi connectivity index (χ3n) is 3.92. The fourth-order valence-corrected chi connectivity index (χ4v) is 2.94. The van der Waals surface area contributed by atoms with Crippen LogP contribution in [0.4, 0.5) is 14.5 Å². The molecule has 8 heteroatoms. The Morgan fingerprint density at radius 1 is 1.23 bits per heavy atom. The topological polar surface area (TPSA) is 74.2 Å². The number of carboxylic acid groups (broad SMARTS) is 1. The molecule has 0 aliphatic carbocycles. The van der Waals surface area contributed by atoms with Crippen LogP contribution in [-0.4, -0.2) is 16.4 Å². The van der Waals surface area contributed by atoms with Crippen LogP contribution >= 0.6 is 11.6 Å². The Labute approximate surface area is 151 Å². The van der Waals surface area contributed by atoms with Crippen molar-refractivity contribution in [2.24, 2.45) is 7.05 Å². The van der Waals surface area contributed by atoms with Gasteiger partial charge in [-0.25, -0.2) is 8.78 Å². The molecule has 26 heavy (non-hydrogen) atoms. The number of anilines is 1. The molecule has 0 aliphatic rings. The Hall–Kier alpha value is -2.93. The Kier molecular flexibility index (Phi) is 4.65. The normalized spacial score (nSPS) is 10.9. The van der Waals surface area contributed by atoms with Gasteiger partial charge in [-0.05, 0) is 35.9 Å². The largest absolute Gasteiger partial charge is 0.550 e. The highest BCUT2D eigenvalue weighted by Crippen LogP contribution is 2.28. The van der Waals surface area contributed by atoms with Crippen LogP contribution in [0.15, 0.2) is 36.5 Å². The van der Waals surface area contributed by atoms with E-state index in [2.05, 4.69) is 5.32 Å². The van der Waals surface area contributed by atoms with Gasteiger partial charge in [-0.15, -0.1) is 0 Å². The summed E-state index contributed by atoms with van der Waals surface area (Å²) in [7, 11) is 1.67. The minimum absolute atomic E-state index is 0.00428. The lowest BCUT2D eigenvalue weighted by molar-refractivity contribution is -0.304. The average Bonchev–Trinajstić information content (AvgIpc) is 2.88. The summed E-state index contributed by atoms with van der Waals surface area (Å²) in [5.41, 5.74) is 0.638. The molecule has 134 valence electrons. The van der Waals surface area contributed by atoms with Crippen LogP contribution in [0.2, 0.25) is 5.02 Å². The van der Waals surface area contributed by atoms with Crippen molar-refractivity contribution in [2.45, 2.75) is 6.42 Å². The number of amides is 1. The van der Waals surface area contributed by atoms with E-state index in [0.29, 0.717) is 10.9 Å². The van der Waals surface area contributed by atoms with Crippen LogP contribution in [0.25, 0.3) is 10.9 Å². The van der Waals surface area contributed by atoms with Gasteiger partial charge in [0.1, 0.15) is 11.6 Å². The zero-order chi connectivity index (χ0) is 19.0. The lowest BCUT2D eigenvalue weighted by Gasteiger charge is -2.10. The number of nitrogens with one attached hydrogen (secondary N) is 1. The molecule has 0 saturated carbocycles. The third kappa shape index (κ3) is 3.39. The molecular weight excluding hydrogens is 366 g/mol. The summed E-state index contributed by atoms with van der Waals surface area (Å²) in [6, 6.07) is 6.09. The number of rotatable bonds is 4. The number of carbonyl (C=O) groups is 2. The fraction of sp³-hybridized carbons (Fsp3) is 0.111. The van der Waals surface area contributed by atoms with Crippen molar-refractivity contribution < 1.29 is 23.5 Å². The third-order valence-corrected chi connectivity index (χ3v) is 4.23. The number of carbonyl (C=O) groups excluding carboxylic acids is 2. The van der Waals surface area contributed by atoms with Crippen LogP contribution in [0, 0.1) is 11.6 Å². The van der Waals surface area contributed by atoms with Crippen molar-refractivity contribution in [3.8, 4) is 0 Å². The zero-order valence-electron chi connectivity index (χ0n) is 13.5. The Morgan fingerprint density at radius 2 is 1.96 bits per heavy atom. The SMILES string of the molecule is Cn1cc(C(=O)Nc2cc(F)c(CC(=O)[O-])cc2Cl)c2ccc(F)cc21. The van der Waals surface area contributed by atoms with E-state index in [1.54, 1.807) is 11.6 Å². The van der Waals surface area contributed by atoms with E-state index in [1.165, 1.54) is 24.4 Å². The molecule has 0 spiro atoms. The number of aryl methyl sites for hydroxylation is 1. The number of halogens is 3. The number of aliphatic carboxylic acids is 1. The van der Waals surface area contributed by atoms with E-state index in [-0.39, 0.29) is 21.8 Å². The molecular formula is C18H12ClF2N2O3-. The smallest absolute Gasteiger partial charge is 0.257 e. The average molecular weight is 378 g/mol. The molecule has 0 unspecified atom stereocenters. The zero-order valence-corrected chi connectivity index (χ0v) is 14.2. The van der Waals surface area contributed by atoms with Gasteiger partial charge in [0.15, 0.2) is 0 Å². The minimum atomic E-state index is -1.44. The van der Waals surface area contributed by atoms with Gasteiger partial charge >= 0.3 is 0 Å². The lowest BCUT2D eigenvalue weighted by Crippen LogP contribution is -2.25. The molecule has 0 aliphatic heterocycles. The van der Waals surface area contributed by atoms with Crippen molar-refractivity contribution in [1.29, 1.82) is 0 Å². The molecule has 3 rings (SSSR count). The highest BCUT2D eigenvalue weighted by molar-refractivity contribution is 6.34. The Balaban J connectivity index is 1.94. The van der Waals surface area contributed by atoms with Gasteiger partial charge in [-0.3, -0.25) is 4.79 Å². The second-order valence-corrected chi connectivity index (χ2v) is 6.15. The number of aromatic nitrogens is 1. The van der Waals surface area contributed by atoms with Crippen molar-refractivity contribution in [3.05, 3.63) is 64.3 Å². The summed E-state index contributed by atoms with van der Waals surface area (Å²) >= 11 is 6.01. The van der Waals surface area contributed by atoms with Gasteiger partial charge in [0.2, 0.25) is 0 Å². The molecule has 5 nitrogen and oxygen atoms in total. The van der Waals surface area contributed by atoms with Gasteiger partial charge in [0, 0.05) is 31.0 Å². The van der Waals surface area contributed by atoms with E-state index in [4.69, 9.17) is 11.6 Å². The number of fused-ring (bicyclic) bond motifs is 1. The van der Waals surface area contributed by atoms with Gasteiger partial charge < -0.3 is 19.8 Å². The number of benzene rings is 2. The van der Waals surface area contributed by atoms with Crippen LogP contribution in [0.3, 0.4) is 0 Å². The van der Waals surface area contributed by atoms with Crippen molar-refractivity contribution in [1.82, 2.24) is 4.57 Å². The number of hydrogen-bond donors (Lipinski definition) is 1. The summed E-state index contributed by atoms with van der Waals surface area (Å²) < 4.78 is 29.0. The van der Waals surface area contributed by atoms with E-state index in [9.17, 15) is 23.5 Å². The van der Waals surface area contributed by atoms with Crippen molar-refractivity contribution >= 4 is 40.1 Å². The quantitative estimate of drug-likeness (QED) is 0.759. The summed E-state index contributed by atoms with van der Waals surface area (Å²) in [5, 5.41) is 13.6. The fourth-order valence-electron chi connectivity index (χ4n) is 2.70. The lowest BCUT2D eigenvalue weighted by atomic mass is 10.1. The summed E-state index contributed by atoms with van der Waals surface area (Å²) in [5.74, 6) is -3.26. The second-order valence-electron chi connectivity index (χ2n) is 5.74. The van der Waals surface area contributed by atoms with Gasteiger partial charge in [0.25, 0.3) is 5.91 Å². The van der Waals surface area contributed by atoms with E-state index in [1.807, 2.05) is 0 Å². The van der Waals surface area contributed by atoms with Crippen LogP contribution in [-0.2, 0) is 18.3 Å². The first kappa shape index (κ1) is 17.9. The molecule has 0 bridgehead atoms. The molecule has 1 aromatic heterocycles. The molecule has 1 amide bonds. The first-order chi connectivity index (χ1) is 12.3. The van der Waals surface area contributed by atoms with Gasteiger partial charge in [-0.1, -0.05) is 11.6 Å². The van der Waals surface area contributed by atoms with E-state index < -0.39 is 29.9 Å². The van der Waals surface area contributed by atoms with E-state index >= 15 is 0 Å². The highest BCUT2D eigenvalue weighted by atomic mass is 35.5. The van der Waals surface area contributed by atoms with Crippen LogP contribution in [0.1, 0.15) is 15.9 Å². The number of hydrogen-bond acceptors (Lipinski definition) is 3. The monoisotopic (exact) mass is 377 g/mol. The predicted octanol–water partition coefficient (Wildman–Crippen LogP) is 2.65. The maximum atomic E-state index is 14.0. The predicted molar refractivity (Wildman–Crippen MR) is 91.0 cm³/mol. The number of nitrogens with zero attached hydrogens (tertiary/aromatic N) is 1. The Morgan fingerprint density at radius 3 is 2.65 bits per heavy atom. The van der Waals surface area contributed by atoms with Crippen molar-refractivity contribution in [2.75, 3.05) is 5.32 Å². The summed E-state index contributed by atoms with van der Waals surface area (Å²) in [6.07, 6.45) is 0.892. The minimum Gasteiger partial charge on any atom is -0.550 e. The second kappa shape index (κ2) is 6.76. The summed E-state index contributed by atoms with van der Waals surface area (Å²) in [4.78, 5) is 23.2. The maximum Gasteiger partial charge on any atom is 0.257 e. The number of carboxylic acids is 1. The summed E-state index contributed by atoms with van der Waals surface area (Å²) in [6.45, 7) is 0. The standard InChI is InChI=1S/C18H13ClF2N2O3/c1-23-8-12(11-3-2-10(20)6-16(11)23)18(26)22-15-7-14(21)9(4-13(15)19)5-17(24)25/h2-4,6-8H,5H2,1H3,(H,22,26)(H,24,25)/p-1. The maximum absolute atomic E-state index is 14.0. The van der Waals surface area contributed by atoms with Crippen LogP contribution < -0.4 is 10.4 Å². The molecule has 0 fully saturated rings. The van der Waals surface area contributed by atoms with Crippen molar-refractivity contribution in [3.63, 3.8) is 0 Å². The molecule has 1 N–H and O–H groups in total. The van der Waals surface area contributed by atoms with Gasteiger partial charge in [0.05, 0.1) is 21.8 Å². The first-order valence-electron chi connectivity index (χ1n) is 7.50. The molecule has 2 aromatic carbocycles. The molecule has 3 aromatic rings. The Bertz CT molecular complexity index is 1050. The molecule has 0 saturated heterocycles. The highest BCUT2D eigenvalue weighted by Gasteiger charge is 2.17. The van der Waals surface area contributed by atoms with E-state index in [0.717, 1.165) is 12.1 Å². The van der Waals surface area contributed by atoms with Crippen LogP contribution in [0.5, 0.6) is 0 Å². The molecule has 0 radical (unpaired) electrons.